The second kappa shape index (κ2) is 3.53. The zero-order valence-electron chi connectivity index (χ0n) is 9.20. The van der Waals surface area contributed by atoms with Crippen LogP contribution in [0.4, 0.5) is 0 Å². The maximum Gasteiger partial charge on any atom is 0.119 e. The van der Waals surface area contributed by atoms with Crippen molar-refractivity contribution in [2.24, 2.45) is 0 Å². The highest BCUT2D eigenvalue weighted by molar-refractivity contribution is 5.37. The topological polar surface area (TPSA) is 12.5 Å². The van der Waals surface area contributed by atoms with Crippen LogP contribution >= 0.6 is 0 Å². The number of hydrogen-bond donors (Lipinski definition) is 0. The van der Waals surface area contributed by atoms with Gasteiger partial charge in [-0.25, -0.2) is 0 Å². The van der Waals surface area contributed by atoms with Crippen LogP contribution < -0.4 is 4.74 Å². The standard InChI is InChI=1S/C13H17NO/c1-15-13-5-2-11-9-14(12-3-4-12)7-6-10(11)8-13/h2,5,8,12H,3-4,6-7,9H2,1H3. The van der Waals surface area contributed by atoms with Crippen molar-refractivity contribution in [1.29, 1.82) is 0 Å². The average molecular weight is 203 g/mol. The van der Waals surface area contributed by atoms with Gasteiger partial charge in [0, 0.05) is 19.1 Å². The third-order valence-electron chi connectivity index (χ3n) is 3.52. The summed E-state index contributed by atoms with van der Waals surface area (Å²) in [7, 11) is 1.74. The smallest absolute Gasteiger partial charge is 0.119 e. The Balaban J connectivity index is 1.83. The molecular formula is C13H17NO. The normalized spacial score (nSPS) is 21.1. The first-order chi connectivity index (χ1) is 7.36. The summed E-state index contributed by atoms with van der Waals surface area (Å²) in [5.41, 5.74) is 2.97. The van der Waals surface area contributed by atoms with Gasteiger partial charge in [-0.2, -0.15) is 0 Å². The number of hydrogen-bond acceptors (Lipinski definition) is 2. The third-order valence-corrected chi connectivity index (χ3v) is 3.52. The van der Waals surface area contributed by atoms with Crippen molar-refractivity contribution < 1.29 is 4.74 Å². The summed E-state index contributed by atoms with van der Waals surface area (Å²) in [6, 6.07) is 7.39. The molecule has 1 aliphatic carbocycles. The van der Waals surface area contributed by atoms with Crippen molar-refractivity contribution in [3.8, 4) is 5.75 Å². The molecule has 2 aliphatic rings. The molecule has 3 rings (SSSR count). The van der Waals surface area contributed by atoms with Gasteiger partial charge in [0.15, 0.2) is 0 Å². The van der Waals surface area contributed by atoms with Crippen molar-refractivity contribution in [3.63, 3.8) is 0 Å². The first-order valence-corrected chi connectivity index (χ1v) is 5.76. The minimum absolute atomic E-state index is 0.889. The van der Waals surface area contributed by atoms with Crippen molar-refractivity contribution >= 4 is 0 Å². The summed E-state index contributed by atoms with van der Waals surface area (Å²) in [5, 5.41) is 0. The summed E-state index contributed by atoms with van der Waals surface area (Å²) in [6.07, 6.45) is 4.00. The Morgan fingerprint density at radius 1 is 1.27 bits per heavy atom. The van der Waals surface area contributed by atoms with E-state index in [1.165, 1.54) is 36.9 Å². The molecule has 1 aliphatic heterocycles. The molecule has 1 fully saturated rings. The van der Waals surface area contributed by atoms with Crippen LogP contribution in [0.1, 0.15) is 24.0 Å². The minimum atomic E-state index is 0.889. The van der Waals surface area contributed by atoms with E-state index in [2.05, 4.69) is 23.1 Å². The van der Waals surface area contributed by atoms with Crippen LogP contribution in [0.25, 0.3) is 0 Å². The highest BCUT2D eigenvalue weighted by Crippen LogP contribution is 2.32. The lowest BCUT2D eigenvalue weighted by Gasteiger charge is -2.28. The Bertz CT molecular complexity index is 371. The summed E-state index contributed by atoms with van der Waals surface area (Å²) in [5.74, 6) is 0.994. The maximum absolute atomic E-state index is 5.25. The van der Waals surface area contributed by atoms with Crippen LogP contribution in [-0.2, 0) is 13.0 Å². The fourth-order valence-corrected chi connectivity index (χ4v) is 2.43. The van der Waals surface area contributed by atoms with E-state index in [0.717, 1.165) is 18.3 Å². The van der Waals surface area contributed by atoms with E-state index >= 15 is 0 Å². The highest BCUT2D eigenvalue weighted by atomic mass is 16.5. The molecule has 0 unspecified atom stereocenters. The lowest BCUT2D eigenvalue weighted by molar-refractivity contribution is 0.243. The van der Waals surface area contributed by atoms with Gasteiger partial charge in [0.25, 0.3) is 0 Å². The Hall–Kier alpha value is -1.02. The first kappa shape index (κ1) is 9.22. The molecule has 0 amide bonds. The van der Waals surface area contributed by atoms with Crippen molar-refractivity contribution in [1.82, 2.24) is 4.90 Å². The first-order valence-electron chi connectivity index (χ1n) is 5.76. The van der Waals surface area contributed by atoms with E-state index in [4.69, 9.17) is 4.74 Å². The molecule has 0 saturated heterocycles. The van der Waals surface area contributed by atoms with Gasteiger partial charge in [0.2, 0.25) is 0 Å². The molecule has 0 aromatic heterocycles. The van der Waals surface area contributed by atoms with E-state index in [9.17, 15) is 0 Å². The molecule has 0 atom stereocenters. The molecular weight excluding hydrogens is 186 g/mol. The molecule has 1 aromatic rings. The van der Waals surface area contributed by atoms with E-state index in [1.807, 2.05) is 0 Å². The molecule has 15 heavy (non-hydrogen) atoms. The predicted molar refractivity (Wildman–Crippen MR) is 60.1 cm³/mol. The number of methoxy groups -OCH3 is 1. The molecule has 1 saturated carbocycles. The number of nitrogens with zero attached hydrogens (tertiary/aromatic N) is 1. The minimum Gasteiger partial charge on any atom is -0.497 e. The van der Waals surface area contributed by atoms with E-state index in [0.29, 0.717) is 0 Å². The van der Waals surface area contributed by atoms with E-state index in [1.54, 1.807) is 7.11 Å². The number of ether oxygens (including phenoxy) is 1. The maximum atomic E-state index is 5.25. The van der Waals surface area contributed by atoms with Crippen molar-refractivity contribution in [2.75, 3.05) is 13.7 Å². The molecule has 0 bridgehead atoms. The predicted octanol–water partition coefficient (Wildman–Crippen LogP) is 2.22. The zero-order valence-corrected chi connectivity index (χ0v) is 9.20. The largest absolute Gasteiger partial charge is 0.497 e. The molecule has 1 aromatic carbocycles. The van der Waals surface area contributed by atoms with Gasteiger partial charge in [-0.15, -0.1) is 0 Å². The molecule has 0 spiro atoms. The summed E-state index contributed by atoms with van der Waals surface area (Å²) in [6.45, 7) is 2.37. The Labute approximate surface area is 90.8 Å². The van der Waals surface area contributed by atoms with Gasteiger partial charge in [-0.05, 0) is 42.5 Å². The average Bonchev–Trinajstić information content (AvgIpc) is 3.11. The zero-order chi connectivity index (χ0) is 10.3. The monoisotopic (exact) mass is 203 g/mol. The molecule has 1 heterocycles. The van der Waals surface area contributed by atoms with Gasteiger partial charge < -0.3 is 4.74 Å². The molecule has 0 N–H and O–H groups in total. The molecule has 0 radical (unpaired) electrons. The number of benzene rings is 1. The van der Waals surface area contributed by atoms with Gasteiger partial charge in [-0.1, -0.05) is 6.07 Å². The SMILES string of the molecule is COc1ccc2c(c1)CCN(C1CC1)C2. The van der Waals surface area contributed by atoms with Crippen LogP contribution in [0.2, 0.25) is 0 Å². The molecule has 80 valence electrons. The van der Waals surface area contributed by atoms with Gasteiger partial charge in [0.05, 0.1) is 7.11 Å². The fourth-order valence-electron chi connectivity index (χ4n) is 2.43. The summed E-state index contributed by atoms with van der Waals surface area (Å²) < 4.78 is 5.25. The Morgan fingerprint density at radius 3 is 2.87 bits per heavy atom. The molecule has 2 heteroatoms. The third kappa shape index (κ3) is 1.74. The number of fused-ring (bicyclic) bond motifs is 1. The second-order valence-electron chi connectivity index (χ2n) is 4.59. The van der Waals surface area contributed by atoms with Crippen molar-refractivity contribution in [3.05, 3.63) is 29.3 Å². The van der Waals surface area contributed by atoms with Gasteiger partial charge >= 0.3 is 0 Å². The molecule has 2 nitrogen and oxygen atoms in total. The second-order valence-corrected chi connectivity index (χ2v) is 4.59. The van der Waals surface area contributed by atoms with Crippen molar-refractivity contribution in [2.45, 2.75) is 31.8 Å². The number of rotatable bonds is 2. The van der Waals surface area contributed by atoms with Crippen LogP contribution in [0.15, 0.2) is 18.2 Å². The lowest BCUT2D eigenvalue weighted by atomic mass is 9.99. The van der Waals surface area contributed by atoms with Crippen LogP contribution in [0.3, 0.4) is 0 Å². The van der Waals surface area contributed by atoms with Crippen LogP contribution in [-0.4, -0.2) is 24.6 Å². The Morgan fingerprint density at radius 2 is 2.13 bits per heavy atom. The van der Waals surface area contributed by atoms with E-state index in [-0.39, 0.29) is 0 Å². The Kier molecular flexibility index (Phi) is 2.17. The summed E-state index contributed by atoms with van der Waals surface area (Å²) >= 11 is 0. The fraction of sp³-hybridized carbons (Fsp3) is 0.538. The highest BCUT2D eigenvalue weighted by Gasteiger charge is 2.30. The van der Waals surface area contributed by atoms with E-state index < -0.39 is 0 Å². The van der Waals surface area contributed by atoms with Crippen LogP contribution in [0, 0.1) is 0 Å². The van der Waals surface area contributed by atoms with Gasteiger partial charge in [0.1, 0.15) is 5.75 Å². The summed E-state index contributed by atoms with van der Waals surface area (Å²) in [4.78, 5) is 2.62. The van der Waals surface area contributed by atoms with Gasteiger partial charge in [-0.3, -0.25) is 4.90 Å². The lowest BCUT2D eigenvalue weighted by Crippen LogP contribution is -2.32. The van der Waals surface area contributed by atoms with Crippen LogP contribution in [0.5, 0.6) is 5.75 Å². The quantitative estimate of drug-likeness (QED) is 0.730.